The van der Waals surface area contributed by atoms with Gasteiger partial charge in [0.1, 0.15) is 0 Å². The fourth-order valence-electron chi connectivity index (χ4n) is 1.38. The van der Waals surface area contributed by atoms with Crippen LogP contribution < -0.4 is 0 Å². The van der Waals surface area contributed by atoms with Crippen LogP contribution in [0.15, 0.2) is 11.0 Å². The van der Waals surface area contributed by atoms with E-state index < -0.39 is 5.97 Å². The molecule has 0 aromatic carbocycles. The van der Waals surface area contributed by atoms with E-state index in [1.54, 1.807) is 18.7 Å². The van der Waals surface area contributed by atoms with Gasteiger partial charge in [0.2, 0.25) is 0 Å². The number of carboxylic acid groups (broad SMARTS) is 1. The molecular formula is C11H15NO2S. The van der Waals surface area contributed by atoms with Crippen LogP contribution in [0.4, 0.5) is 0 Å². The maximum Gasteiger partial charge on any atom is 0.338 e. The Morgan fingerprint density at radius 1 is 1.53 bits per heavy atom. The summed E-state index contributed by atoms with van der Waals surface area (Å²) in [6.45, 7) is 5.70. The van der Waals surface area contributed by atoms with Gasteiger partial charge in [0.25, 0.3) is 0 Å². The molecule has 15 heavy (non-hydrogen) atoms. The van der Waals surface area contributed by atoms with Crippen LogP contribution in [0.1, 0.15) is 35.1 Å². The van der Waals surface area contributed by atoms with E-state index in [-0.39, 0.29) is 0 Å². The minimum Gasteiger partial charge on any atom is -0.478 e. The van der Waals surface area contributed by atoms with Gasteiger partial charge in [-0.1, -0.05) is 6.92 Å². The Morgan fingerprint density at radius 2 is 2.20 bits per heavy atom. The summed E-state index contributed by atoms with van der Waals surface area (Å²) < 4.78 is 0. The zero-order chi connectivity index (χ0) is 11.4. The molecule has 0 saturated carbocycles. The Kier molecular flexibility index (Phi) is 4.15. The van der Waals surface area contributed by atoms with E-state index in [4.69, 9.17) is 5.11 Å². The molecule has 4 heteroatoms. The van der Waals surface area contributed by atoms with Gasteiger partial charge in [0.15, 0.2) is 0 Å². The summed E-state index contributed by atoms with van der Waals surface area (Å²) in [5.41, 5.74) is 1.82. The van der Waals surface area contributed by atoms with Crippen LogP contribution in [0.25, 0.3) is 0 Å². The number of rotatable bonds is 4. The molecule has 0 aliphatic heterocycles. The lowest BCUT2D eigenvalue weighted by Crippen LogP contribution is -2.05. The maximum absolute atomic E-state index is 11.1. The summed E-state index contributed by atoms with van der Waals surface area (Å²) in [6, 6.07) is 1.84. The van der Waals surface area contributed by atoms with Crippen LogP contribution in [0.2, 0.25) is 0 Å². The van der Waals surface area contributed by atoms with E-state index in [1.807, 2.05) is 13.0 Å². The zero-order valence-corrected chi connectivity index (χ0v) is 10.0. The monoisotopic (exact) mass is 225 g/mol. The van der Waals surface area contributed by atoms with Gasteiger partial charge in [0, 0.05) is 10.6 Å². The predicted molar refractivity (Wildman–Crippen MR) is 61.7 cm³/mol. The first kappa shape index (κ1) is 12.0. The van der Waals surface area contributed by atoms with Gasteiger partial charge in [-0.05, 0) is 32.1 Å². The van der Waals surface area contributed by atoms with Crippen molar-refractivity contribution in [3.05, 3.63) is 23.0 Å². The number of thioether (sulfide) groups is 1. The summed E-state index contributed by atoms with van der Waals surface area (Å²) >= 11 is 1.58. The summed E-state index contributed by atoms with van der Waals surface area (Å²) in [4.78, 5) is 16.1. The van der Waals surface area contributed by atoms with E-state index in [2.05, 4.69) is 11.9 Å². The average Bonchev–Trinajstić information content (AvgIpc) is 2.12. The maximum atomic E-state index is 11.1. The van der Waals surface area contributed by atoms with Crippen molar-refractivity contribution in [1.82, 2.24) is 4.98 Å². The van der Waals surface area contributed by atoms with Crippen molar-refractivity contribution in [3.8, 4) is 0 Å². The van der Waals surface area contributed by atoms with Crippen LogP contribution in [0.3, 0.4) is 0 Å². The lowest BCUT2D eigenvalue weighted by atomic mass is 10.2. The van der Waals surface area contributed by atoms with Crippen molar-refractivity contribution in [2.45, 2.75) is 32.1 Å². The van der Waals surface area contributed by atoms with Crippen LogP contribution >= 0.6 is 11.8 Å². The third-order valence-electron chi connectivity index (χ3n) is 1.97. The number of aryl methyl sites for hydroxylation is 2. The van der Waals surface area contributed by atoms with Gasteiger partial charge < -0.3 is 5.11 Å². The molecule has 0 bridgehead atoms. The zero-order valence-electron chi connectivity index (χ0n) is 9.20. The highest BCUT2D eigenvalue weighted by Gasteiger charge is 2.15. The molecule has 0 amide bonds. The first-order valence-corrected chi connectivity index (χ1v) is 5.89. The largest absolute Gasteiger partial charge is 0.478 e. The topological polar surface area (TPSA) is 50.2 Å². The third-order valence-corrected chi connectivity index (χ3v) is 3.21. The van der Waals surface area contributed by atoms with Crippen molar-refractivity contribution in [1.29, 1.82) is 0 Å². The van der Waals surface area contributed by atoms with Gasteiger partial charge in [0.05, 0.1) is 11.3 Å². The molecule has 1 aromatic heterocycles. The van der Waals surface area contributed by atoms with Crippen LogP contribution in [0, 0.1) is 13.8 Å². The van der Waals surface area contributed by atoms with Crippen molar-refractivity contribution < 1.29 is 9.90 Å². The van der Waals surface area contributed by atoms with Crippen molar-refractivity contribution in [2.75, 3.05) is 5.75 Å². The molecule has 0 fully saturated rings. The van der Waals surface area contributed by atoms with E-state index in [0.717, 1.165) is 22.8 Å². The lowest BCUT2D eigenvalue weighted by Gasteiger charge is -2.08. The quantitative estimate of drug-likeness (QED) is 0.800. The standard InChI is InChI=1S/C11H15NO2S/c1-4-5-15-9-6-7(2)12-8(3)10(9)11(13)14/h6H,4-5H2,1-3H3,(H,13,14). The Hall–Kier alpha value is -1.03. The van der Waals surface area contributed by atoms with Gasteiger partial charge in [-0.3, -0.25) is 4.98 Å². The van der Waals surface area contributed by atoms with Gasteiger partial charge in [-0.15, -0.1) is 11.8 Å². The Morgan fingerprint density at radius 3 is 2.73 bits per heavy atom. The number of nitrogens with zero attached hydrogens (tertiary/aromatic N) is 1. The molecule has 0 atom stereocenters. The SMILES string of the molecule is CCCSc1cc(C)nc(C)c1C(=O)O. The Balaban J connectivity index is 3.14. The minimum atomic E-state index is -0.890. The van der Waals surface area contributed by atoms with Gasteiger partial charge in [-0.25, -0.2) is 4.79 Å². The number of hydrogen-bond acceptors (Lipinski definition) is 3. The second kappa shape index (κ2) is 5.16. The second-order valence-corrected chi connectivity index (χ2v) is 4.51. The van der Waals surface area contributed by atoms with E-state index in [9.17, 15) is 4.79 Å². The van der Waals surface area contributed by atoms with Crippen LogP contribution in [-0.4, -0.2) is 21.8 Å². The molecule has 0 radical (unpaired) electrons. The number of aromatic carboxylic acids is 1. The van der Waals surface area contributed by atoms with E-state index >= 15 is 0 Å². The molecule has 1 rings (SSSR count). The molecule has 1 aromatic rings. The summed E-state index contributed by atoms with van der Waals surface area (Å²) in [5.74, 6) is 0.0435. The fourth-order valence-corrected chi connectivity index (χ4v) is 2.44. The number of pyridine rings is 1. The van der Waals surface area contributed by atoms with Gasteiger partial charge in [-0.2, -0.15) is 0 Å². The molecule has 1 N–H and O–H groups in total. The van der Waals surface area contributed by atoms with Crippen molar-refractivity contribution >= 4 is 17.7 Å². The summed E-state index contributed by atoms with van der Waals surface area (Å²) in [7, 11) is 0. The number of carbonyl (C=O) groups is 1. The highest BCUT2D eigenvalue weighted by atomic mass is 32.2. The van der Waals surface area contributed by atoms with E-state index in [1.165, 1.54) is 0 Å². The second-order valence-electron chi connectivity index (χ2n) is 3.38. The smallest absolute Gasteiger partial charge is 0.338 e. The molecule has 0 saturated heterocycles. The average molecular weight is 225 g/mol. The lowest BCUT2D eigenvalue weighted by molar-refractivity contribution is 0.0691. The normalized spacial score (nSPS) is 10.3. The van der Waals surface area contributed by atoms with Crippen molar-refractivity contribution in [2.24, 2.45) is 0 Å². The molecule has 0 aliphatic carbocycles. The number of hydrogen-bond donors (Lipinski definition) is 1. The first-order valence-electron chi connectivity index (χ1n) is 4.90. The van der Waals surface area contributed by atoms with Crippen LogP contribution in [-0.2, 0) is 0 Å². The Bertz CT molecular complexity index is 377. The molecule has 1 heterocycles. The van der Waals surface area contributed by atoms with Crippen molar-refractivity contribution in [3.63, 3.8) is 0 Å². The minimum absolute atomic E-state index is 0.346. The summed E-state index contributed by atoms with van der Waals surface area (Å²) in [6.07, 6.45) is 1.03. The third kappa shape index (κ3) is 2.96. The highest BCUT2D eigenvalue weighted by molar-refractivity contribution is 7.99. The first-order chi connectivity index (χ1) is 7.06. The van der Waals surface area contributed by atoms with E-state index in [0.29, 0.717) is 11.3 Å². The molecule has 82 valence electrons. The molecule has 3 nitrogen and oxygen atoms in total. The van der Waals surface area contributed by atoms with Crippen LogP contribution in [0.5, 0.6) is 0 Å². The molecule has 0 spiro atoms. The highest BCUT2D eigenvalue weighted by Crippen LogP contribution is 2.25. The molecular weight excluding hydrogens is 210 g/mol. The number of aromatic nitrogens is 1. The molecule has 0 aliphatic rings. The predicted octanol–water partition coefficient (Wildman–Crippen LogP) is 2.90. The fraction of sp³-hybridized carbons (Fsp3) is 0.455. The Labute approximate surface area is 93.9 Å². The number of carboxylic acids is 1. The van der Waals surface area contributed by atoms with Gasteiger partial charge >= 0.3 is 5.97 Å². The molecule has 0 unspecified atom stereocenters. The summed E-state index contributed by atoms with van der Waals surface area (Å²) in [5, 5.41) is 9.08.